The van der Waals surface area contributed by atoms with Crippen LogP contribution in [-0.2, 0) is 16.6 Å². The molecule has 0 bridgehead atoms. The van der Waals surface area contributed by atoms with Gasteiger partial charge in [0.2, 0.25) is 5.95 Å². The molecule has 3 aromatic rings. The number of benzene rings is 1. The zero-order valence-electron chi connectivity index (χ0n) is 19.0. The van der Waals surface area contributed by atoms with Crippen LogP contribution in [-0.4, -0.2) is 60.1 Å². The van der Waals surface area contributed by atoms with Gasteiger partial charge in [-0.1, -0.05) is 6.92 Å². The van der Waals surface area contributed by atoms with Crippen molar-refractivity contribution in [2.45, 2.75) is 25.2 Å². The lowest BCUT2D eigenvalue weighted by atomic mass is 9.85. The number of nitrogens with zero attached hydrogens (tertiary/aromatic N) is 4. The Kier molecular flexibility index (Phi) is 5.86. The van der Waals surface area contributed by atoms with Crippen LogP contribution < -0.4 is 15.0 Å². The summed E-state index contributed by atoms with van der Waals surface area (Å²) in [5.41, 5.74) is 5.51. The third-order valence-electron chi connectivity index (χ3n) is 6.64. The lowest BCUT2D eigenvalue weighted by molar-refractivity contribution is 0.122. The maximum Gasteiger partial charge on any atom is 0.227 e. The summed E-state index contributed by atoms with van der Waals surface area (Å²) in [6, 6.07) is 10.1. The molecule has 2 aliphatic rings. The Morgan fingerprint density at radius 2 is 2.03 bits per heavy atom. The molecular weight excluding hydrogens is 418 g/mol. The maximum atomic E-state index is 9.92. The number of aliphatic hydroxyl groups is 1. The summed E-state index contributed by atoms with van der Waals surface area (Å²) in [4.78, 5) is 16.1. The first-order valence-electron chi connectivity index (χ1n) is 11.3. The van der Waals surface area contributed by atoms with Crippen LogP contribution in [0.15, 0.2) is 42.7 Å². The number of anilines is 3. The van der Waals surface area contributed by atoms with Gasteiger partial charge >= 0.3 is 0 Å². The number of hydrogen-bond acceptors (Lipinski definition) is 8. The lowest BCUT2D eigenvalue weighted by Gasteiger charge is -2.29. The summed E-state index contributed by atoms with van der Waals surface area (Å²) < 4.78 is 11.0. The van der Waals surface area contributed by atoms with Crippen molar-refractivity contribution < 1.29 is 14.6 Å². The molecule has 2 N–H and O–H groups in total. The fourth-order valence-corrected chi connectivity index (χ4v) is 4.56. The third-order valence-corrected chi connectivity index (χ3v) is 6.64. The number of hydrogen-bond donors (Lipinski definition) is 2. The van der Waals surface area contributed by atoms with Crippen LogP contribution >= 0.6 is 0 Å². The largest absolute Gasteiger partial charge is 0.495 e. The van der Waals surface area contributed by atoms with E-state index in [4.69, 9.17) is 14.5 Å². The van der Waals surface area contributed by atoms with Gasteiger partial charge in [0.25, 0.3) is 0 Å². The minimum atomic E-state index is -0.250. The molecule has 0 spiro atoms. The molecule has 0 radical (unpaired) electrons. The molecule has 1 saturated heterocycles. The predicted molar refractivity (Wildman–Crippen MR) is 127 cm³/mol. The topological polar surface area (TPSA) is 92.6 Å². The van der Waals surface area contributed by atoms with Crippen LogP contribution in [0.5, 0.6) is 5.75 Å². The summed E-state index contributed by atoms with van der Waals surface area (Å²) in [6.07, 6.45) is 5.39. The first-order valence-corrected chi connectivity index (χ1v) is 11.3. The molecular formula is C25H29N5O3. The average molecular weight is 448 g/mol. The van der Waals surface area contributed by atoms with Gasteiger partial charge in [-0.15, -0.1) is 0 Å². The number of ether oxygens (including phenoxy) is 2. The molecule has 172 valence electrons. The second-order valence-electron chi connectivity index (χ2n) is 8.81. The number of pyridine rings is 1. The van der Waals surface area contributed by atoms with E-state index in [1.165, 1.54) is 0 Å². The molecule has 1 atom stereocenters. The van der Waals surface area contributed by atoms with E-state index >= 15 is 0 Å². The minimum absolute atomic E-state index is 0.112. The molecule has 1 aromatic carbocycles. The van der Waals surface area contributed by atoms with E-state index in [-0.39, 0.29) is 12.0 Å². The highest BCUT2D eigenvalue weighted by Crippen LogP contribution is 2.39. The molecule has 0 amide bonds. The molecule has 5 rings (SSSR count). The van der Waals surface area contributed by atoms with Crippen LogP contribution in [0.3, 0.4) is 0 Å². The summed E-state index contributed by atoms with van der Waals surface area (Å²) in [6.45, 7) is 5.37. The van der Waals surface area contributed by atoms with Gasteiger partial charge in [0.05, 0.1) is 38.3 Å². The van der Waals surface area contributed by atoms with Crippen molar-refractivity contribution in [3.63, 3.8) is 0 Å². The van der Waals surface area contributed by atoms with E-state index in [1.54, 1.807) is 13.3 Å². The Hall–Kier alpha value is -3.23. The normalized spacial score (nSPS) is 19.9. The summed E-state index contributed by atoms with van der Waals surface area (Å²) in [5, 5.41) is 13.2. The Balaban J connectivity index is 1.43. The quantitative estimate of drug-likeness (QED) is 0.595. The second-order valence-corrected chi connectivity index (χ2v) is 8.81. The molecule has 1 aliphatic carbocycles. The monoisotopic (exact) mass is 447 g/mol. The van der Waals surface area contributed by atoms with Gasteiger partial charge in [-0.25, -0.2) is 9.97 Å². The van der Waals surface area contributed by atoms with E-state index in [9.17, 15) is 5.11 Å². The smallest absolute Gasteiger partial charge is 0.227 e. The number of aromatic nitrogens is 3. The maximum absolute atomic E-state index is 9.92. The highest BCUT2D eigenvalue weighted by Gasteiger charge is 2.35. The Morgan fingerprint density at radius 1 is 1.18 bits per heavy atom. The van der Waals surface area contributed by atoms with E-state index in [0.29, 0.717) is 5.95 Å². The van der Waals surface area contributed by atoms with Crippen LogP contribution in [0, 0.1) is 0 Å². The molecule has 1 aliphatic heterocycles. The first-order chi connectivity index (χ1) is 16.1. The van der Waals surface area contributed by atoms with Crippen molar-refractivity contribution in [2.75, 3.05) is 50.2 Å². The standard InChI is InChI=1S/C25H29N5O3/c1-25(16-31)7-5-21-19(25)13-17(15-27-21)20-6-8-26-24(28-20)29-22-14-18(3-4-23(22)32-2)30-9-11-33-12-10-30/h3-4,6,8,13-15,31H,5,7,9-12,16H2,1-2H3,(H,26,28,29). The second kappa shape index (κ2) is 8.96. The highest BCUT2D eigenvalue weighted by molar-refractivity contribution is 5.70. The fourth-order valence-electron chi connectivity index (χ4n) is 4.56. The predicted octanol–water partition coefficient (Wildman–Crippen LogP) is 3.32. The molecule has 8 heteroatoms. The Bertz CT molecular complexity index is 1150. The van der Waals surface area contributed by atoms with Gasteiger partial charge < -0.3 is 24.8 Å². The first kappa shape index (κ1) is 21.6. The van der Waals surface area contributed by atoms with E-state index in [1.807, 2.05) is 18.3 Å². The van der Waals surface area contributed by atoms with E-state index in [2.05, 4.69) is 45.3 Å². The van der Waals surface area contributed by atoms with Gasteiger partial charge in [0.1, 0.15) is 5.75 Å². The molecule has 1 unspecified atom stereocenters. The lowest BCUT2D eigenvalue weighted by Crippen LogP contribution is -2.36. The number of fused-ring (bicyclic) bond motifs is 1. The van der Waals surface area contributed by atoms with Gasteiger partial charge in [0, 0.05) is 47.8 Å². The van der Waals surface area contributed by atoms with E-state index < -0.39 is 0 Å². The number of methoxy groups -OCH3 is 1. The van der Waals surface area contributed by atoms with Gasteiger partial charge in [-0.05, 0) is 48.7 Å². The van der Waals surface area contributed by atoms with Crippen molar-refractivity contribution in [1.29, 1.82) is 0 Å². The van der Waals surface area contributed by atoms with Crippen molar-refractivity contribution >= 4 is 17.3 Å². The summed E-state index contributed by atoms with van der Waals surface area (Å²) in [7, 11) is 1.65. The SMILES string of the molecule is COc1ccc(N2CCOCC2)cc1Nc1nccc(-c2cnc3c(c2)C(C)(CO)CC3)n1. The fraction of sp³-hybridized carbons (Fsp3) is 0.400. The molecule has 8 nitrogen and oxygen atoms in total. The van der Waals surface area contributed by atoms with Crippen LogP contribution in [0.2, 0.25) is 0 Å². The van der Waals surface area contributed by atoms with Crippen molar-refractivity contribution in [3.8, 4) is 17.0 Å². The number of aryl methyl sites for hydroxylation is 1. The highest BCUT2D eigenvalue weighted by atomic mass is 16.5. The zero-order chi connectivity index (χ0) is 22.8. The minimum Gasteiger partial charge on any atom is -0.495 e. The van der Waals surface area contributed by atoms with Crippen LogP contribution in [0.1, 0.15) is 24.6 Å². The summed E-state index contributed by atoms with van der Waals surface area (Å²) in [5.74, 6) is 1.20. The third kappa shape index (κ3) is 4.24. The molecule has 1 fully saturated rings. The van der Waals surface area contributed by atoms with Crippen molar-refractivity contribution in [1.82, 2.24) is 15.0 Å². The van der Waals surface area contributed by atoms with Gasteiger partial charge in [-0.2, -0.15) is 0 Å². The van der Waals surface area contributed by atoms with Gasteiger partial charge in [-0.3, -0.25) is 4.98 Å². The molecule has 33 heavy (non-hydrogen) atoms. The van der Waals surface area contributed by atoms with Crippen molar-refractivity contribution in [3.05, 3.63) is 54.0 Å². The Morgan fingerprint density at radius 3 is 2.82 bits per heavy atom. The molecule has 0 saturated carbocycles. The number of aliphatic hydroxyl groups excluding tert-OH is 1. The van der Waals surface area contributed by atoms with Gasteiger partial charge in [0.15, 0.2) is 0 Å². The number of rotatable bonds is 6. The van der Waals surface area contributed by atoms with Crippen molar-refractivity contribution in [2.24, 2.45) is 0 Å². The van der Waals surface area contributed by atoms with Crippen LogP contribution in [0.4, 0.5) is 17.3 Å². The average Bonchev–Trinajstić information content (AvgIpc) is 3.21. The van der Waals surface area contributed by atoms with E-state index in [0.717, 1.165) is 78.8 Å². The van der Waals surface area contributed by atoms with Crippen LogP contribution in [0.25, 0.3) is 11.3 Å². The summed E-state index contributed by atoms with van der Waals surface area (Å²) >= 11 is 0. The molecule has 2 aromatic heterocycles. The Labute approximate surface area is 193 Å². The molecule has 3 heterocycles. The zero-order valence-corrected chi connectivity index (χ0v) is 19.0. The number of morpholine rings is 1. The number of nitrogens with one attached hydrogen (secondary N) is 1.